The van der Waals surface area contributed by atoms with Crippen molar-refractivity contribution in [2.24, 2.45) is 11.5 Å². The van der Waals surface area contributed by atoms with Crippen LogP contribution in [-0.4, -0.2) is 24.9 Å². The van der Waals surface area contributed by atoms with Crippen molar-refractivity contribution in [2.45, 2.75) is 18.3 Å². The molecule has 0 saturated carbocycles. The number of nitrogens with two attached hydrogens (primary N) is 2. The first-order valence-corrected chi connectivity index (χ1v) is 2.99. The third-order valence-electron chi connectivity index (χ3n) is 1.25. The lowest BCUT2D eigenvalue weighted by molar-refractivity contribution is -0.159. The largest absolute Gasteiger partial charge is 0.392 e. The van der Waals surface area contributed by atoms with E-state index in [0.29, 0.717) is 0 Å². The van der Waals surface area contributed by atoms with E-state index < -0.39 is 31.4 Å². The van der Waals surface area contributed by atoms with E-state index in [1.165, 1.54) is 0 Å². The van der Waals surface area contributed by atoms with Crippen LogP contribution in [0.15, 0.2) is 0 Å². The Balaban J connectivity index is 4.08. The standard InChI is InChI=1S/C5H10F4N2/c6-4(2-10,3-11)1-5(7,8)9/h1-3,10-11H2. The van der Waals surface area contributed by atoms with E-state index in [1.54, 1.807) is 0 Å². The highest BCUT2D eigenvalue weighted by atomic mass is 19.4. The quantitative estimate of drug-likeness (QED) is 0.614. The van der Waals surface area contributed by atoms with Crippen molar-refractivity contribution < 1.29 is 17.6 Å². The Labute approximate surface area is 61.5 Å². The SMILES string of the molecule is NCC(F)(CN)CC(F)(F)F. The highest BCUT2D eigenvalue weighted by molar-refractivity contribution is 4.83. The van der Waals surface area contributed by atoms with Crippen molar-refractivity contribution in [3.05, 3.63) is 0 Å². The van der Waals surface area contributed by atoms with Crippen LogP contribution in [0, 0.1) is 0 Å². The van der Waals surface area contributed by atoms with E-state index in [2.05, 4.69) is 0 Å². The van der Waals surface area contributed by atoms with E-state index in [0.717, 1.165) is 0 Å². The molecular weight excluding hydrogens is 164 g/mol. The molecule has 0 atom stereocenters. The monoisotopic (exact) mass is 174 g/mol. The first-order chi connectivity index (χ1) is 4.83. The molecule has 0 rings (SSSR count). The van der Waals surface area contributed by atoms with Gasteiger partial charge < -0.3 is 11.5 Å². The molecule has 0 aromatic carbocycles. The number of alkyl halides is 4. The molecule has 0 fully saturated rings. The summed E-state index contributed by atoms with van der Waals surface area (Å²) < 4.78 is 47.5. The van der Waals surface area contributed by atoms with Gasteiger partial charge >= 0.3 is 6.18 Å². The molecule has 0 spiro atoms. The van der Waals surface area contributed by atoms with Crippen LogP contribution in [-0.2, 0) is 0 Å². The molecule has 6 heteroatoms. The fourth-order valence-electron chi connectivity index (χ4n) is 0.587. The van der Waals surface area contributed by atoms with Crippen LogP contribution in [0.3, 0.4) is 0 Å². The second-order valence-corrected chi connectivity index (χ2v) is 2.35. The number of hydrogen-bond donors (Lipinski definition) is 2. The van der Waals surface area contributed by atoms with Gasteiger partial charge in [-0.3, -0.25) is 0 Å². The van der Waals surface area contributed by atoms with Crippen molar-refractivity contribution in [2.75, 3.05) is 13.1 Å². The first-order valence-electron chi connectivity index (χ1n) is 2.99. The van der Waals surface area contributed by atoms with Crippen LogP contribution in [0.2, 0.25) is 0 Å². The lowest BCUT2D eigenvalue weighted by Gasteiger charge is -2.22. The van der Waals surface area contributed by atoms with Crippen LogP contribution in [0.25, 0.3) is 0 Å². The van der Waals surface area contributed by atoms with Crippen molar-refractivity contribution in [1.29, 1.82) is 0 Å². The summed E-state index contributed by atoms with van der Waals surface area (Å²) in [5, 5.41) is 0. The molecule has 0 unspecified atom stereocenters. The summed E-state index contributed by atoms with van der Waals surface area (Å²) in [5.41, 5.74) is 7.04. The number of rotatable bonds is 3. The smallest absolute Gasteiger partial charge is 0.327 e. The molecule has 0 saturated heterocycles. The summed E-state index contributed by atoms with van der Waals surface area (Å²) in [7, 11) is 0. The van der Waals surface area contributed by atoms with Gasteiger partial charge in [0.2, 0.25) is 0 Å². The first kappa shape index (κ1) is 10.6. The molecule has 0 heterocycles. The summed E-state index contributed by atoms with van der Waals surface area (Å²) in [6, 6.07) is 0. The summed E-state index contributed by atoms with van der Waals surface area (Å²) in [4.78, 5) is 0. The lowest BCUT2D eigenvalue weighted by Crippen LogP contribution is -2.44. The highest BCUT2D eigenvalue weighted by Crippen LogP contribution is 2.28. The van der Waals surface area contributed by atoms with Crippen LogP contribution < -0.4 is 11.5 Å². The molecule has 0 bridgehead atoms. The van der Waals surface area contributed by atoms with E-state index in [1.807, 2.05) is 0 Å². The van der Waals surface area contributed by atoms with E-state index >= 15 is 0 Å². The van der Waals surface area contributed by atoms with Gasteiger partial charge in [0.05, 0.1) is 6.42 Å². The highest BCUT2D eigenvalue weighted by Gasteiger charge is 2.41. The lowest BCUT2D eigenvalue weighted by atomic mass is 10.0. The maximum atomic E-state index is 12.8. The molecular formula is C5H10F4N2. The minimum absolute atomic E-state index is 0.705. The van der Waals surface area contributed by atoms with Crippen molar-refractivity contribution in [1.82, 2.24) is 0 Å². The fraction of sp³-hybridized carbons (Fsp3) is 1.00. The molecule has 0 aliphatic heterocycles. The molecule has 4 N–H and O–H groups in total. The van der Waals surface area contributed by atoms with Gasteiger partial charge in [0.15, 0.2) is 0 Å². The summed E-state index contributed by atoms with van der Waals surface area (Å²) in [6.07, 6.45) is -6.12. The van der Waals surface area contributed by atoms with E-state index in [4.69, 9.17) is 11.5 Å². The van der Waals surface area contributed by atoms with Gasteiger partial charge in [-0.25, -0.2) is 4.39 Å². The zero-order valence-electron chi connectivity index (χ0n) is 5.79. The van der Waals surface area contributed by atoms with Crippen LogP contribution in [0.4, 0.5) is 17.6 Å². The van der Waals surface area contributed by atoms with Gasteiger partial charge in [-0.15, -0.1) is 0 Å². The molecule has 0 radical (unpaired) electrons. The Hall–Kier alpha value is -0.360. The van der Waals surface area contributed by atoms with Gasteiger partial charge in [0.1, 0.15) is 5.67 Å². The minimum atomic E-state index is -4.55. The predicted molar refractivity (Wildman–Crippen MR) is 32.6 cm³/mol. The molecule has 11 heavy (non-hydrogen) atoms. The Bertz CT molecular complexity index is 118. The molecule has 68 valence electrons. The minimum Gasteiger partial charge on any atom is -0.327 e. The van der Waals surface area contributed by atoms with Gasteiger partial charge in [-0.2, -0.15) is 13.2 Å². The average molecular weight is 174 g/mol. The topological polar surface area (TPSA) is 52.0 Å². The maximum absolute atomic E-state index is 12.8. The second-order valence-electron chi connectivity index (χ2n) is 2.35. The molecule has 0 amide bonds. The normalized spacial score (nSPS) is 13.6. The van der Waals surface area contributed by atoms with E-state index in [9.17, 15) is 17.6 Å². The average Bonchev–Trinajstić information content (AvgIpc) is 1.84. The fourth-order valence-corrected chi connectivity index (χ4v) is 0.587. The van der Waals surface area contributed by atoms with Gasteiger partial charge in [0.25, 0.3) is 0 Å². The third-order valence-corrected chi connectivity index (χ3v) is 1.25. The molecule has 0 aromatic heterocycles. The van der Waals surface area contributed by atoms with E-state index in [-0.39, 0.29) is 0 Å². The zero-order valence-corrected chi connectivity index (χ0v) is 5.79. The van der Waals surface area contributed by atoms with Crippen LogP contribution in [0.5, 0.6) is 0 Å². The Morgan fingerprint density at radius 3 is 1.36 bits per heavy atom. The zero-order chi connectivity index (χ0) is 9.12. The maximum Gasteiger partial charge on any atom is 0.392 e. The summed E-state index contributed by atoms with van der Waals surface area (Å²) >= 11 is 0. The Kier molecular flexibility index (Phi) is 3.25. The Morgan fingerprint density at radius 1 is 0.909 bits per heavy atom. The number of halogens is 4. The molecule has 2 nitrogen and oxygen atoms in total. The van der Waals surface area contributed by atoms with Crippen LogP contribution >= 0.6 is 0 Å². The molecule has 0 aromatic rings. The predicted octanol–water partition coefficient (Wildman–Crippen LogP) is 0.564. The van der Waals surface area contributed by atoms with Crippen molar-refractivity contribution >= 4 is 0 Å². The number of hydrogen-bond acceptors (Lipinski definition) is 2. The second kappa shape index (κ2) is 3.36. The van der Waals surface area contributed by atoms with Crippen molar-refractivity contribution in [3.63, 3.8) is 0 Å². The van der Waals surface area contributed by atoms with Crippen molar-refractivity contribution in [3.8, 4) is 0 Å². The van der Waals surface area contributed by atoms with Crippen LogP contribution in [0.1, 0.15) is 6.42 Å². The van der Waals surface area contributed by atoms with Gasteiger partial charge in [-0.1, -0.05) is 0 Å². The van der Waals surface area contributed by atoms with Gasteiger partial charge in [-0.05, 0) is 0 Å². The summed E-state index contributed by atoms with van der Waals surface area (Å²) in [6.45, 7) is -1.41. The Morgan fingerprint density at radius 2 is 1.27 bits per heavy atom. The van der Waals surface area contributed by atoms with Gasteiger partial charge in [0, 0.05) is 13.1 Å². The third kappa shape index (κ3) is 4.15. The molecule has 0 aliphatic rings. The summed E-state index contributed by atoms with van der Waals surface area (Å²) in [5.74, 6) is 0. The molecule has 0 aliphatic carbocycles.